The van der Waals surface area contributed by atoms with Crippen LogP contribution in [0.2, 0.25) is 0 Å². The number of hydrogen-bond acceptors (Lipinski definition) is 3. The van der Waals surface area contributed by atoms with Gasteiger partial charge in [-0.3, -0.25) is 0 Å². The van der Waals surface area contributed by atoms with E-state index in [0.717, 1.165) is 5.56 Å². The van der Waals surface area contributed by atoms with Crippen molar-refractivity contribution in [2.24, 2.45) is 0 Å². The van der Waals surface area contributed by atoms with Gasteiger partial charge in [0, 0.05) is 0 Å². The summed E-state index contributed by atoms with van der Waals surface area (Å²) in [6.07, 6.45) is -0.229. The Kier molecular flexibility index (Phi) is 4.13. The molecule has 0 radical (unpaired) electrons. The second kappa shape index (κ2) is 5.59. The van der Waals surface area contributed by atoms with Gasteiger partial charge < -0.3 is 15.2 Å². The predicted molar refractivity (Wildman–Crippen MR) is 78.1 cm³/mol. The molecule has 120 valence electrons. The quantitative estimate of drug-likeness (QED) is 0.900. The van der Waals surface area contributed by atoms with Gasteiger partial charge in [0.2, 0.25) is 0 Å². The summed E-state index contributed by atoms with van der Waals surface area (Å²) in [5.41, 5.74) is -1.14. The lowest BCUT2D eigenvalue weighted by atomic mass is 9.65. The summed E-state index contributed by atoms with van der Waals surface area (Å²) in [5, 5.41) is 11.9. The molecule has 1 saturated carbocycles. The van der Waals surface area contributed by atoms with E-state index in [1.807, 2.05) is 0 Å². The second-order valence-electron chi connectivity index (χ2n) is 6.67. The molecule has 0 aliphatic heterocycles. The molecule has 0 unspecified atom stereocenters. The molecular formula is C16H20FNO4. The molecule has 1 amide bonds. The van der Waals surface area contributed by atoms with Crippen LogP contribution in [0.4, 0.5) is 9.18 Å². The van der Waals surface area contributed by atoms with E-state index in [0.29, 0.717) is 0 Å². The minimum atomic E-state index is -1.32. The van der Waals surface area contributed by atoms with Crippen LogP contribution in [0.25, 0.3) is 0 Å². The molecule has 0 aromatic heterocycles. The number of halogens is 1. The van der Waals surface area contributed by atoms with Crippen LogP contribution in [0.1, 0.15) is 45.1 Å². The molecule has 1 fully saturated rings. The first-order valence-corrected chi connectivity index (χ1v) is 7.11. The minimum Gasteiger partial charge on any atom is -0.480 e. The van der Waals surface area contributed by atoms with E-state index in [9.17, 15) is 19.1 Å². The Hall–Kier alpha value is -2.11. The van der Waals surface area contributed by atoms with E-state index in [1.165, 1.54) is 12.1 Å². The van der Waals surface area contributed by atoms with Gasteiger partial charge in [-0.1, -0.05) is 12.1 Å². The number of amides is 1. The average molecular weight is 309 g/mol. The maximum Gasteiger partial charge on any atom is 0.408 e. The maximum atomic E-state index is 12.9. The van der Waals surface area contributed by atoms with Gasteiger partial charge in [0.1, 0.15) is 17.0 Å². The second-order valence-corrected chi connectivity index (χ2v) is 6.67. The number of carbonyl (C=O) groups is 2. The van der Waals surface area contributed by atoms with Crippen molar-refractivity contribution >= 4 is 12.1 Å². The van der Waals surface area contributed by atoms with E-state index in [-0.39, 0.29) is 24.6 Å². The summed E-state index contributed by atoms with van der Waals surface area (Å²) >= 11 is 0. The van der Waals surface area contributed by atoms with Gasteiger partial charge in [0.05, 0.1) is 0 Å². The highest BCUT2D eigenvalue weighted by molar-refractivity contribution is 5.86. The predicted octanol–water partition coefficient (Wildman–Crippen LogP) is 3.05. The van der Waals surface area contributed by atoms with E-state index in [1.54, 1.807) is 32.9 Å². The summed E-state index contributed by atoms with van der Waals surface area (Å²) in [6.45, 7) is 5.13. The fraction of sp³-hybridized carbons (Fsp3) is 0.500. The van der Waals surface area contributed by atoms with Gasteiger partial charge in [0.15, 0.2) is 0 Å². The van der Waals surface area contributed by atoms with E-state index in [4.69, 9.17) is 4.74 Å². The van der Waals surface area contributed by atoms with E-state index in [2.05, 4.69) is 5.32 Å². The van der Waals surface area contributed by atoms with Crippen molar-refractivity contribution in [1.29, 1.82) is 0 Å². The Bertz CT molecular complexity index is 571. The first kappa shape index (κ1) is 16.3. The lowest BCUT2D eigenvalue weighted by Crippen LogP contribution is -2.62. The number of ether oxygens (including phenoxy) is 1. The first-order chi connectivity index (χ1) is 10.1. The molecule has 0 bridgehead atoms. The minimum absolute atomic E-state index is 0.0216. The lowest BCUT2D eigenvalue weighted by Gasteiger charge is -2.44. The highest BCUT2D eigenvalue weighted by Gasteiger charge is 2.52. The molecule has 1 aromatic carbocycles. The van der Waals surface area contributed by atoms with Crippen LogP contribution in [-0.4, -0.2) is 28.3 Å². The molecule has 0 atom stereocenters. The number of nitrogens with one attached hydrogen (secondary N) is 1. The number of rotatable bonds is 3. The molecule has 1 aromatic rings. The van der Waals surface area contributed by atoms with Crippen LogP contribution in [-0.2, 0) is 9.53 Å². The number of carbonyl (C=O) groups excluding carboxylic acids is 1. The molecule has 2 rings (SSSR count). The Balaban J connectivity index is 2.03. The van der Waals surface area contributed by atoms with Gasteiger partial charge >= 0.3 is 12.1 Å². The van der Waals surface area contributed by atoms with Crippen LogP contribution in [0.3, 0.4) is 0 Å². The van der Waals surface area contributed by atoms with Crippen molar-refractivity contribution in [2.45, 2.75) is 50.7 Å². The monoisotopic (exact) mass is 309 g/mol. The van der Waals surface area contributed by atoms with Gasteiger partial charge in [0.25, 0.3) is 0 Å². The summed E-state index contributed by atoms with van der Waals surface area (Å²) in [4.78, 5) is 23.3. The van der Waals surface area contributed by atoms with Gasteiger partial charge in [-0.15, -0.1) is 0 Å². The number of carboxylic acid groups (broad SMARTS) is 1. The Morgan fingerprint density at radius 3 is 2.27 bits per heavy atom. The molecular weight excluding hydrogens is 289 g/mol. The molecule has 0 heterocycles. The highest BCUT2D eigenvalue weighted by Crippen LogP contribution is 2.45. The summed E-state index contributed by atoms with van der Waals surface area (Å²) in [7, 11) is 0. The number of hydrogen-bond donors (Lipinski definition) is 2. The fourth-order valence-electron chi connectivity index (χ4n) is 2.58. The largest absolute Gasteiger partial charge is 0.480 e. The fourth-order valence-corrected chi connectivity index (χ4v) is 2.58. The van der Waals surface area contributed by atoms with Crippen LogP contribution in [0.5, 0.6) is 0 Å². The SMILES string of the molecule is CC(C)(C)OC(=O)NC1(C(=O)O)CC(c2ccc(F)cc2)C1. The van der Waals surface area contributed by atoms with Crippen LogP contribution < -0.4 is 5.32 Å². The number of carboxylic acids is 1. The average Bonchev–Trinajstić information content (AvgIpc) is 2.32. The smallest absolute Gasteiger partial charge is 0.408 e. The molecule has 1 aliphatic rings. The Labute approximate surface area is 128 Å². The zero-order chi connectivity index (χ0) is 16.5. The summed E-state index contributed by atoms with van der Waals surface area (Å²) in [6, 6.07) is 5.97. The third kappa shape index (κ3) is 3.55. The number of aliphatic carboxylic acids is 1. The topological polar surface area (TPSA) is 75.6 Å². The third-order valence-corrected chi connectivity index (χ3v) is 3.68. The zero-order valence-electron chi connectivity index (χ0n) is 12.9. The summed E-state index contributed by atoms with van der Waals surface area (Å²) in [5.74, 6) is -1.44. The number of alkyl carbamates (subject to hydrolysis) is 1. The van der Waals surface area contributed by atoms with Crippen molar-refractivity contribution < 1.29 is 23.8 Å². The van der Waals surface area contributed by atoms with Gasteiger partial charge in [-0.2, -0.15) is 0 Å². The number of benzene rings is 1. The maximum absolute atomic E-state index is 12.9. The lowest BCUT2D eigenvalue weighted by molar-refractivity contribution is -0.149. The first-order valence-electron chi connectivity index (χ1n) is 7.11. The van der Waals surface area contributed by atoms with Crippen molar-refractivity contribution in [2.75, 3.05) is 0 Å². The highest BCUT2D eigenvalue weighted by atomic mass is 19.1. The molecule has 0 spiro atoms. The van der Waals surface area contributed by atoms with Gasteiger partial charge in [-0.05, 0) is 57.2 Å². The third-order valence-electron chi connectivity index (χ3n) is 3.68. The molecule has 0 saturated heterocycles. The standard InChI is InChI=1S/C16H20FNO4/c1-15(2,3)22-14(21)18-16(13(19)20)8-11(9-16)10-4-6-12(17)7-5-10/h4-7,11H,8-9H2,1-3H3,(H,18,21)(H,19,20). The zero-order valence-corrected chi connectivity index (χ0v) is 12.9. The molecule has 5 nitrogen and oxygen atoms in total. The van der Waals surface area contributed by atoms with Crippen molar-refractivity contribution in [3.05, 3.63) is 35.6 Å². The van der Waals surface area contributed by atoms with E-state index < -0.39 is 23.2 Å². The van der Waals surface area contributed by atoms with Crippen molar-refractivity contribution in [3.8, 4) is 0 Å². The Morgan fingerprint density at radius 1 is 1.27 bits per heavy atom. The molecule has 22 heavy (non-hydrogen) atoms. The van der Waals surface area contributed by atoms with Crippen LogP contribution in [0.15, 0.2) is 24.3 Å². The molecule has 2 N–H and O–H groups in total. The van der Waals surface area contributed by atoms with E-state index >= 15 is 0 Å². The summed E-state index contributed by atoms with van der Waals surface area (Å²) < 4.78 is 18.0. The van der Waals surface area contributed by atoms with Crippen LogP contribution in [0, 0.1) is 5.82 Å². The van der Waals surface area contributed by atoms with Crippen LogP contribution >= 0.6 is 0 Å². The Morgan fingerprint density at radius 2 is 1.82 bits per heavy atom. The molecule has 6 heteroatoms. The van der Waals surface area contributed by atoms with Gasteiger partial charge in [-0.25, -0.2) is 14.0 Å². The van der Waals surface area contributed by atoms with Crippen molar-refractivity contribution in [1.82, 2.24) is 5.32 Å². The van der Waals surface area contributed by atoms with Crippen molar-refractivity contribution in [3.63, 3.8) is 0 Å². The molecule has 1 aliphatic carbocycles. The normalized spacial score (nSPS) is 24.3.